The Morgan fingerprint density at radius 1 is 0.889 bits per heavy atom. The maximum atomic E-state index is 13.4. The van der Waals surface area contributed by atoms with Crippen molar-refractivity contribution in [2.75, 3.05) is 31.7 Å². The van der Waals surface area contributed by atoms with Crippen molar-refractivity contribution in [3.05, 3.63) is 65.2 Å². The molecule has 2 aromatic carbocycles. The Morgan fingerprint density at radius 2 is 1.61 bits per heavy atom. The van der Waals surface area contributed by atoms with Crippen LogP contribution in [0.2, 0.25) is 0 Å². The number of alkyl carbamates (subject to hydrolysis) is 1. The fraction of sp³-hybridized carbons (Fsp3) is 0.561. The van der Waals surface area contributed by atoms with E-state index >= 15 is 0 Å². The summed E-state index contributed by atoms with van der Waals surface area (Å²) in [6.07, 6.45) is 6.43. The van der Waals surface area contributed by atoms with Crippen molar-refractivity contribution in [3.8, 4) is 11.8 Å². The highest BCUT2D eigenvalue weighted by atomic mass is 17.3. The van der Waals surface area contributed by atoms with E-state index in [2.05, 4.69) is 27.8 Å². The van der Waals surface area contributed by atoms with Crippen molar-refractivity contribution in [1.82, 2.24) is 16.0 Å². The molecule has 2 heterocycles. The standard InChI is InChI=1S/C41H48N4O9/c1-42-38(49)51-33-10-6-16-40(24-33)52-41(54-53-40)31-19-27-20-32(41)23-39(21-27,22-31)44-36(47)15-18-50-17-14-35(46)43-25-37(48)45-26-30-9-3-2-7-28(30)12-13-29-8-4-5-11-34(29)45/h2-5,7-9,11,27,31-33H,6,10,14-26H2,1H3,(H,42,49)(H,43,46)(H,44,47)/t27?,31?,32?,33?,39?,40-,41?/m1/s1. The van der Waals surface area contributed by atoms with Gasteiger partial charge in [-0.2, -0.15) is 9.78 Å². The number of para-hydroxylation sites is 1. The lowest BCUT2D eigenvalue weighted by molar-refractivity contribution is -0.392. The highest BCUT2D eigenvalue weighted by molar-refractivity contribution is 5.98. The minimum atomic E-state index is -0.937. The van der Waals surface area contributed by atoms with E-state index in [0.717, 1.165) is 61.6 Å². The predicted molar refractivity (Wildman–Crippen MR) is 194 cm³/mol. The molecule has 5 aliphatic carbocycles. The van der Waals surface area contributed by atoms with Gasteiger partial charge in [0.1, 0.15) is 6.10 Å². The van der Waals surface area contributed by atoms with Crippen molar-refractivity contribution in [2.24, 2.45) is 17.8 Å². The third-order valence-electron chi connectivity index (χ3n) is 12.1. The predicted octanol–water partition coefficient (Wildman–Crippen LogP) is 4.21. The number of fused-ring (bicyclic) bond motifs is 2. The number of benzene rings is 2. The highest BCUT2D eigenvalue weighted by Gasteiger charge is 2.70. The first-order valence-electron chi connectivity index (χ1n) is 19.3. The molecule has 1 saturated heterocycles. The fourth-order valence-corrected chi connectivity index (χ4v) is 9.83. The molecule has 7 aliphatic rings. The topological polar surface area (TPSA) is 154 Å². The summed E-state index contributed by atoms with van der Waals surface area (Å²) in [5.74, 6) is 4.59. The summed E-state index contributed by atoms with van der Waals surface area (Å²) in [5.41, 5.74) is 2.94. The molecule has 5 saturated carbocycles. The zero-order chi connectivity index (χ0) is 37.3. The lowest BCUT2D eigenvalue weighted by Gasteiger charge is -2.62. The molecule has 6 fully saturated rings. The number of hydrogen-bond donors (Lipinski definition) is 3. The van der Waals surface area contributed by atoms with Gasteiger partial charge in [0.25, 0.3) is 0 Å². The number of anilines is 1. The van der Waals surface area contributed by atoms with Gasteiger partial charge in [0.15, 0.2) is 0 Å². The molecule has 9 rings (SSSR count). The summed E-state index contributed by atoms with van der Waals surface area (Å²) in [4.78, 5) is 65.0. The molecule has 4 bridgehead atoms. The van der Waals surface area contributed by atoms with Crippen LogP contribution < -0.4 is 20.9 Å². The average molecular weight is 741 g/mol. The van der Waals surface area contributed by atoms with Gasteiger partial charge in [0, 0.05) is 61.2 Å². The molecular formula is C41H48N4O9. The van der Waals surface area contributed by atoms with Crippen LogP contribution in [-0.4, -0.2) is 73.8 Å². The Morgan fingerprint density at radius 3 is 2.41 bits per heavy atom. The number of carbonyl (C=O) groups is 4. The molecular weight excluding hydrogens is 692 g/mol. The molecule has 4 atom stereocenters. The molecule has 2 aliphatic heterocycles. The van der Waals surface area contributed by atoms with Gasteiger partial charge in [-0.05, 0) is 74.6 Å². The van der Waals surface area contributed by atoms with Crippen molar-refractivity contribution in [2.45, 2.75) is 100 Å². The third kappa shape index (κ3) is 7.32. The maximum Gasteiger partial charge on any atom is 0.407 e. The van der Waals surface area contributed by atoms with Gasteiger partial charge < -0.3 is 35.1 Å². The number of amides is 4. The van der Waals surface area contributed by atoms with Crippen LogP contribution in [0.15, 0.2) is 48.5 Å². The minimum absolute atomic E-state index is 0.0685. The van der Waals surface area contributed by atoms with Crippen molar-refractivity contribution < 1.29 is 43.2 Å². The van der Waals surface area contributed by atoms with Gasteiger partial charge in [-0.25, -0.2) is 4.79 Å². The molecule has 54 heavy (non-hydrogen) atoms. The Kier molecular flexibility index (Phi) is 10.1. The Balaban J connectivity index is 0.777. The van der Waals surface area contributed by atoms with E-state index in [1.54, 1.807) is 11.9 Å². The second-order valence-corrected chi connectivity index (χ2v) is 15.7. The van der Waals surface area contributed by atoms with Gasteiger partial charge in [0.2, 0.25) is 29.3 Å². The SMILES string of the molecule is CNC(=O)OC1CCC[C@]2(C1)OOC1(O2)C2CC3CC1CC(NC(=O)CCOCCC(=O)NCC(=O)N1Cc4ccccc4C#Cc4ccccc41)(C3)C2. The summed E-state index contributed by atoms with van der Waals surface area (Å²) in [7, 11) is 1.54. The highest BCUT2D eigenvalue weighted by Crippen LogP contribution is 2.65. The Hall–Kier alpha value is -4.48. The number of nitrogens with one attached hydrogen (secondary N) is 3. The van der Waals surface area contributed by atoms with E-state index in [4.69, 9.17) is 24.0 Å². The van der Waals surface area contributed by atoms with Gasteiger partial charge in [-0.3, -0.25) is 14.4 Å². The molecule has 3 unspecified atom stereocenters. The van der Waals surface area contributed by atoms with Crippen LogP contribution in [0.4, 0.5) is 10.5 Å². The first-order chi connectivity index (χ1) is 26.2. The average Bonchev–Trinajstić information content (AvgIpc) is 3.51. The smallest absolute Gasteiger partial charge is 0.407 e. The number of hydrogen-bond acceptors (Lipinski definition) is 9. The van der Waals surface area contributed by atoms with Crippen LogP contribution in [0.25, 0.3) is 0 Å². The quantitative estimate of drug-likeness (QED) is 0.185. The van der Waals surface area contributed by atoms with Gasteiger partial charge >= 0.3 is 6.09 Å². The molecule has 3 N–H and O–H groups in total. The van der Waals surface area contributed by atoms with Crippen LogP contribution >= 0.6 is 0 Å². The van der Waals surface area contributed by atoms with Crippen LogP contribution in [0, 0.1) is 29.6 Å². The lowest BCUT2D eigenvalue weighted by atomic mass is 9.50. The zero-order valence-corrected chi connectivity index (χ0v) is 30.7. The normalized spacial score (nSPS) is 31.4. The molecule has 4 amide bonds. The van der Waals surface area contributed by atoms with Crippen molar-refractivity contribution in [3.63, 3.8) is 0 Å². The first-order valence-corrected chi connectivity index (χ1v) is 19.3. The van der Waals surface area contributed by atoms with Crippen molar-refractivity contribution >= 4 is 29.5 Å². The van der Waals surface area contributed by atoms with Crippen LogP contribution in [0.5, 0.6) is 0 Å². The molecule has 0 radical (unpaired) electrons. The largest absolute Gasteiger partial charge is 0.446 e. The van der Waals surface area contributed by atoms with Gasteiger partial charge in [-0.1, -0.05) is 42.2 Å². The van der Waals surface area contributed by atoms with Gasteiger partial charge in [-0.15, -0.1) is 0 Å². The van der Waals surface area contributed by atoms with Crippen LogP contribution in [0.1, 0.15) is 87.3 Å². The Labute approximate surface area is 315 Å². The van der Waals surface area contributed by atoms with E-state index in [0.29, 0.717) is 31.0 Å². The molecule has 286 valence electrons. The third-order valence-corrected chi connectivity index (χ3v) is 12.1. The maximum absolute atomic E-state index is 13.4. The number of ether oxygens (including phenoxy) is 3. The molecule has 2 spiro atoms. The molecule has 13 heteroatoms. The summed E-state index contributed by atoms with van der Waals surface area (Å²) in [6.45, 7) is 0.503. The summed E-state index contributed by atoms with van der Waals surface area (Å²) in [5, 5.41) is 8.60. The monoisotopic (exact) mass is 740 g/mol. The van der Waals surface area contributed by atoms with E-state index in [1.807, 2.05) is 48.5 Å². The molecule has 2 aromatic rings. The molecule has 13 nitrogen and oxygen atoms in total. The Bertz CT molecular complexity index is 1840. The van der Waals surface area contributed by atoms with Gasteiger partial charge in [0.05, 0.1) is 32.0 Å². The number of nitrogens with zero attached hydrogens (tertiary/aromatic N) is 1. The van der Waals surface area contributed by atoms with E-state index in [1.165, 1.54) is 0 Å². The van der Waals surface area contributed by atoms with E-state index < -0.39 is 17.7 Å². The second kappa shape index (κ2) is 15.0. The molecule has 0 aromatic heterocycles. The van der Waals surface area contributed by atoms with E-state index in [-0.39, 0.29) is 73.8 Å². The summed E-state index contributed by atoms with van der Waals surface area (Å²) >= 11 is 0. The summed E-state index contributed by atoms with van der Waals surface area (Å²) < 4.78 is 18.0. The fourth-order valence-electron chi connectivity index (χ4n) is 9.83. The minimum Gasteiger partial charge on any atom is -0.446 e. The van der Waals surface area contributed by atoms with E-state index in [9.17, 15) is 19.2 Å². The second-order valence-electron chi connectivity index (χ2n) is 15.7. The zero-order valence-electron chi connectivity index (χ0n) is 30.7. The first kappa shape index (κ1) is 36.5. The van der Waals surface area contributed by atoms with Crippen LogP contribution in [-0.2, 0) is 44.9 Å². The van der Waals surface area contributed by atoms with Crippen molar-refractivity contribution in [1.29, 1.82) is 0 Å². The lowest BCUT2D eigenvalue weighted by Crippen LogP contribution is -2.69. The number of carbonyl (C=O) groups excluding carboxylic acids is 4. The van der Waals surface area contributed by atoms with Crippen LogP contribution in [0.3, 0.4) is 0 Å². The number of rotatable bonds is 10. The summed E-state index contributed by atoms with van der Waals surface area (Å²) in [6, 6.07) is 15.3.